The van der Waals surface area contributed by atoms with Crippen LogP contribution in [0.5, 0.6) is 0 Å². The maximum absolute atomic E-state index is 13.9. The van der Waals surface area contributed by atoms with Crippen molar-refractivity contribution >= 4 is 18.0 Å². The Hall–Kier alpha value is -2.70. The average molecular weight is 270 g/mol. The molecule has 0 unspecified atom stereocenters. The number of nitrogens with one attached hydrogen (secondary N) is 1. The highest BCUT2D eigenvalue weighted by atomic mass is 32.1. The van der Waals surface area contributed by atoms with E-state index in [4.69, 9.17) is 28.5 Å². The summed E-state index contributed by atoms with van der Waals surface area (Å²) < 4.78 is 13.9. The fraction of sp³-hybridized carbons (Fsp3) is 0. The number of hydrogen-bond acceptors (Lipinski definition) is 4. The van der Waals surface area contributed by atoms with Gasteiger partial charge in [-0.25, -0.2) is 4.39 Å². The summed E-state index contributed by atoms with van der Waals surface area (Å²) >= 11 is 4.99. The number of nitriles is 2. The predicted molar refractivity (Wildman–Crippen MR) is 70.9 cm³/mol. The average Bonchev–Trinajstić information content (AvgIpc) is 2.38. The minimum atomic E-state index is -0.546. The standard InChI is InChI=1S/C13H7FN4S/c14-10-4-2-1-3-7(10)11-8(5-15)12(17)18-13(19)9(11)6-16/h1-4H,(H3,17,18,19). The number of pyridine rings is 1. The van der Waals surface area contributed by atoms with Crippen molar-refractivity contribution in [3.05, 3.63) is 45.9 Å². The normalized spacial score (nSPS) is 9.63. The van der Waals surface area contributed by atoms with Gasteiger partial charge in [0.2, 0.25) is 0 Å². The summed E-state index contributed by atoms with van der Waals surface area (Å²) in [4.78, 5) is 2.56. The molecule has 3 N–H and O–H groups in total. The first-order chi connectivity index (χ1) is 9.10. The molecule has 1 heterocycles. The van der Waals surface area contributed by atoms with E-state index in [9.17, 15) is 4.39 Å². The molecule has 0 fully saturated rings. The summed E-state index contributed by atoms with van der Waals surface area (Å²) in [6.45, 7) is 0. The van der Waals surface area contributed by atoms with Crippen molar-refractivity contribution in [3.8, 4) is 23.3 Å². The second kappa shape index (κ2) is 4.89. The molecule has 0 amide bonds. The van der Waals surface area contributed by atoms with Crippen LogP contribution in [0.1, 0.15) is 11.1 Å². The molecule has 19 heavy (non-hydrogen) atoms. The molecule has 6 heteroatoms. The van der Waals surface area contributed by atoms with Crippen LogP contribution in [-0.2, 0) is 0 Å². The highest BCUT2D eigenvalue weighted by Gasteiger charge is 2.18. The van der Waals surface area contributed by atoms with E-state index >= 15 is 0 Å². The molecule has 2 rings (SSSR count). The maximum atomic E-state index is 13.9. The number of hydrogen-bond donors (Lipinski definition) is 2. The van der Waals surface area contributed by atoms with Gasteiger partial charge in [-0.1, -0.05) is 30.4 Å². The van der Waals surface area contributed by atoms with Crippen LogP contribution < -0.4 is 5.73 Å². The first-order valence-electron chi connectivity index (χ1n) is 5.21. The molecule has 0 spiro atoms. The quantitative estimate of drug-likeness (QED) is 0.780. The third-order valence-corrected chi connectivity index (χ3v) is 2.92. The summed E-state index contributed by atoms with van der Waals surface area (Å²) in [6, 6.07) is 9.60. The monoisotopic (exact) mass is 270 g/mol. The number of anilines is 1. The van der Waals surface area contributed by atoms with E-state index in [1.54, 1.807) is 6.07 Å². The van der Waals surface area contributed by atoms with Crippen molar-refractivity contribution in [1.82, 2.24) is 4.98 Å². The lowest BCUT2D eigenvalue weighted by Crippen LogP contribution is -2.02. The number of benzene rings is 1. The van der Waals surface area contributed by atoms with E-state index < -0.39 is 5.82 Å². The Morgan fingerprint density at radius 3 is 2.37 bits per heavy atom. The van der Waals surface area contributed by atoms with Gasteiger partial charge in [-0.3, -0.25) is 0 Å². The lowest BCUT2D eigenvalue weighted by atomic mass is 9.96. The van der Waals surface area contributed by atoms with Gasteiger partial charge < -0.3 is 10.7 Å². The Labute approximate surface area is 113 Å². The summed E-state index contributed by atoms with van der Waals surface area (Å²) in [5.41, 5.74) is 5.97. The number of nitrogen functional groups attached to an aromatic ring is 1. The van der Waals surface area contributed by atoms with Gasteiger partial charge in [0.1, 0.15) is 34.0 Å². The maximum Gasteiger partial charge on any atom is 0.131 e. The van der Waals surface area contributed by atoms with Gasteiger partial charge in [0.15, 0.2) is 0 Å². The first kappa shape index (κ1) is 12.7. The highest BCUT2D eigenvalue weighted by molar-refractivity contribution is 7.71. The van der Waals surface area contributed by atoms with Gasteiger partial charge in [-0.05, 0) is 6.07 Å². The largest absolute Gasteiger partial charge is 0.384 e. The van der Waals surface area contributed by atoms with Crippen LogP contribution >= 0.6 is 12.2 Å². The zero-order valence-corrected chi connectivity index (χ0v) is 10.4. The van der Waals surface area contributed by atoms with Crippen molar-refractivity contribution in [2.75, 3.05) is 5.73 Å². The molecule has 92 valence electrons. The topological polar surface area (TPSA) is 89.4 Å². The van der Waals surface area contributed by atoms with Crippen LogP contribution in [-0.4, -0.2) is 4.98 Å². The predicted octanol–water partition coefficient (Wildman–Crippen LogP) is 2.88. The van der Waals surface area contributed by atoms with Crippen molar-refractivity contribution < 1.29 is 4.39 Å². The molecule has 0 saturated heterocycles. The Bertz CT molecular complexity index is 796. The lowest BCUT2D eigenvalue weighted by Gasteiger charge is -2.10. The number of rotatable bonds is 1. The van der Waals surface area contributed by atoms with Gasteiger partial charge in [-0.2, -0.15) is 10.5 Å². The summed E-state index contributed by atoms with van der Waals surface area (Å²) in [5.74, 6) is -0.528. The zero-order chi connectivity index (χ0) is 14.0. The molecule has 0 bridgehead atoms. The molecule has 0 saturated carbocycles. The second-order valence-electron chi connectivity index (χ2n) is 3.70. The van der Waals surface area contributed by atoms with Crippen molar-refractivity contribution in [2.24, 2.45) is 0 Å². The molecular weight excluding hydrogens is 263 g/mol. The van der Waals surface area contributed by atoms with E-state index in [1.807, 2.05) is 12.1 Å². The van der Waals surface area contributed by atoms with Crippen molar-refractivity contribution in [1.29, 1.82) is 10.5 Å². The fourth-order valence-corrected chi connectivity index (χ4v) is 2.03. The molecule has 1 aromatic heterocycles. The van der Waals surface area contributed by atoms with E-state index in [1.165, 1.54) is 18.2 Å². The Morgan fingerprint density at radius 1 is 1.16 bits per heavy atom. The van der Waals surface area contributed by atoms with Crippen LogP contribution in [0, 0.1) is 33.1 Å². The number of aromatic nitrogens is 1. The molecule has 4 nitrogen and oxygen atoms in total. The summed E-state index contributed by atoms with van der Waals surface area (Å²) in [7, 11) is 0. The van der Waals surface area contributed by atoms with Crippen LogP contribution in [0.2, 0.25) is 0 Å². The molecule has 1 aromatic carbocycles. The molecule has 0 atom stereocenters. The van der Waals surface area contributed by atoms with Crippen LogP contribution in [0.15, 0.2) is 24.3 Å². The third-order valence-electron chi connectivity index (χ3n) is 2.61. The number of H-pyrrole nitrogens is 1. The van der Waals surface area contributed by atoms with Gasteiger partial charge in [0.25, 0.3) is 0 Å². The van der Waals surface area contributed by atoms with Crippen LogP contribution in [0.4, 0.5) is 10.2 Å². The number of halogens is 1. The first-order valence-corrected chi connectivity index (χ1v) is 5.61. The number of nitrogens with two attached hydrogens (primary N) is 1. The molecule has 2 aromatic rings. The van der Waals surface area contributed by atoms with Crippen LogP contribution in [0.3, 0.4) is 0 Å². The minimum Gasteiger partial charge on any atom is -0.384 e. The molecule has 0 aliphatic carbocycles. The molecule has 0 aliphatic rings. The van der Waals surface area contributed by atoms with Gasteiger partial charge in [0, 0.05) is 11.1 Å². The second-order valence-corrected chi connectivity index (χ2v) is 4.10. The van der Waals surface area contributed by atoms with Gasteiger partial charge >= 0.3 is 0 Å². The minimum absolute atomic E-state index is 0.00949. The Kier molecular flexibility index (Phi) is 3.28. The van der Waals surface area contributed by atoms with E-state index in [0.29, 0.717) is 0 Å². The van der Waals surface area contributed by atoms with Crippen molar-refractivity contribution in [3.63, 3.8) is 0 Å². The number of aromatic amines is 1. The molecule has 0 aliphatic heterocycles. The lowest BCUT2D eigenvalue weighted by molar-refractivity contribution is 0.631. The Morgan fingerprint density at radius 2 is 1.79 bits per heavy atom. The summed E-state index contributed by atoms with van der Waals surface area (Å²) in [5, 5.41) is 18.3. The summed E-state index contributed by atoms with van der Waals surface area (Å²) in [6.07, 6.45) is 0. The Balaban J connectivity index is 2.99. The van der Waals surface area contributed by atoms with E-state index in [-0.39, 0.29) is 32.7 Å². The van der Waals surface area contributed by atoms with Crippen LogP contribution in [0.25, 0.3) is 11.1 Å². The fourth-order valence-electron chi connectivity index (χ4n) is 1.78. The molecule has 0 radical (unpaired) electrons. The zero-order valence-electron chi connectivity index (χ0n) is 9.57. The van der Waals surface area contributed by atoms with E-state index in [0.717, 1.165) is 0 Å². The van der Waals surface area contributed by atoms with E-state index in [2.05, 4.69) is 4.98 Å². The molecular formula is C13H7FN4S. The smallest absolute Gasteiger partial charge is 0.131 e. The highest BCUT2D eigenvalue weighted by Crippen LogP contribution is 2.31. The SMILES string of the molecule is N#Cc1c(N)[nH]c(=S)c(C#N)c1-c1ccccc1F. The van der Waals surface area contributed by atoms with Gasteiger partial charge in [0.05, 0.1) is 5.56 Å². The third kappa shape index (κ3) is 2.05. The van der Waals surface area contributed by atoms with Crippen molar-refractivity contribution in [2.45, 2.75) is 0 Å². The van der Waals surface area contributed by atoms with Gasteiger partial charge in [-0.15, -0.1) is 0 Å². The number of nitrogens with zero attached hydrogens (tertiary/aromatic N) is 2.